The number of likely N-dealkylation sites (N-methyl/N-ethyl adjacent to an activating group) is 1. The van der Waals surface area contributed by atoms with Crippen molar-refractivity contribution in [3.63, 3.8) is 0 Å². The molecule has 0 aliphatic heterocycles. The molecule has 1 aromatic heterocycles. The zero-order valence-corrected chi connectivity index (χ0v) is 8.73. The zero-order chi connectivity index (χ0) is 9.84. The molecule has 1 aromatic rings. The molecule has 0 aliphatic rings. The third-order valence-corrected chi connectivity index (χ3v) is 2.79. The standard InChI is InChI=1S/C8H10ClNO2S/c1-10(4-5-11)8(12)6-2-3-7(9)13-6/h2-3,11H,4-5H2,1H3. The molecule has 1 N–H and O–H groups in total. The van der Waals surface area contributed by atoms with Crippen LogP contribution in [0, 0.1) is 0 Å². The lowest BCUT2D eigenvalue weighted by Gasteiger charge is -2.13. The van der Waals surface area contributed by atoms with Gasteiger partial charge in [-0.3, -0.25) is 4.79 Å². The highest BCUT2D eigenvalue weighted by atomic mass is 35.5. The van der Waals surface area contributed by atoms with E-state index >= 15 is 0 Å². The molecule has 0 saturated heterocycles. The van der Waals surface area contributed by atoms with Crippen molar-refractivity contribution in [2.24, 2.45) is 0 Å². The first-order chi connectivity index (χ1) is 6.15. The average Bonchev–Trinajstić information content (AvgIpc) is 2.51. The summed E-state index contributed by atoms with van der Waals surface area (Å²) in [6, 6.07) is 3.37. The monoisotopic (exact) mass is 219 g/mol. The topological polar surface area (TPSA) is 40.5 Å². The summed E-state index contributed by atoms with van der Waals surface area (Å²) >= 11 is 6.93. The Bertz CT molecular complexity index is 300. The van der Waals surface area contributed by atoms with Gasteiger partial charge in [0.25, 0.3) is 5.91 Å². The van der Waals surface area contributed by atoms with Gasteiger partial charge in [0.2, 0.25) is 0 Å². The maximum atomic E-state index is 11.5. The second-order valence-electron chi connectivity index (χ2n) is 2.55. The largest absolute Gasteiger partial charge is 0.395 e. The second-order valence-corrected chi connectivity index (χ2v) is 4.27. The van der Waals surface area contributed by atoms with Gasteiger partial charge in [-0.05, 0) is 12.1 Å². The maximum Gasteiger partial charge on any atom is 0.263 e. The van der Waals surface area contributed by atoms with Gasteiger partial charge >= 0.3 is 0 Å². The minimum absolute atomic E-state index is 0.0264. The predicted octanol–water partition coefficient (Wildman–Crippen LogP) is 1.47. The number of nitrogens with zero attached hydrogens (tertiary/aromatic N) is 1. The summed E-state index contributed by atoms with van der Waals surface area (Å²) in [7, 11) is 1.65. The summed E-state index contributed by atoms with van der Waals surface area (Å²) in [6.45, 7) is 0.315. The third kappa shape index (κ3) is 2.69. The number of aliphatic hydroxyl groups excluding tert-OH is 1. The number of thiophene rings is 1. The van der Waals surface area contributed by atoms with Crippen LogP contribution in [0.3, 0.4) is 0 Å². The van der Waals surface area contributed by atoms with Crippen molar-refractivity contribution in [2.45, 2.75) is 0 Å². The number of carbonyl (C=O) groups excluding carboxylic acids is 1. The van der Waals surface area contributed by atoms with Crippen molar-refractivity contribution in [2.75, 3.05) is 20.2 Å². The molecule has 5 heteroatoms. The van der Waals surface area contributed by atoms with Crippen LogP contribution in [0.15, 0.2) is 12.1 Å². The van der Waals surface area contributed by atoms with Gasteiger partial charge in [0.05, 0.1) is 15.8 Å². The van der Waals surface area contributed by atoms with Gasteiger partial charge in [-0.1, -0.05) is 11.6 Å². The lowest BCUT2D eigenvalue weighted by atomic mass is 10.4. The molecule has 0 radical (unpaired) electrons. The summed E-state index contributed by atoms with van der Waals surface area (Å²) in [5, 5.41) is 8.62. The van der Waals surface area contributed by atoms with Gasteiger partial charge in [0.1, 0.15) is 0 Å². The number of halogens is 1. The van der Waals surface area contributed by atoms with E-state index < -0.39 is 0 Å². The van der Waals surface area contributed by atoms with Gasteiger partial charge in [0, 0.05) is 13.6 Å². The van der Waals surface area contributed by atoms with Gasteiger partial charge in [-0.15, -0.1) is 11.3 Å². The molecule has 0 unspecified atom stereocenters. The molecule has 0 atom stereocenters. The average molecular weight is 220 g/mol. The molecule has 0 bridgehead atoms. The van der Waals surface area contributed by atoms with E-state index in [0.717, 1.165) is 0 Å². The molecule has 1 amide bonds. The number of rotatable bonds is 3. The van der Waals surface area contributed by atoms with E-state index in [1.807, 2.05) is 0 Å². The van der Waals surface area contributed by atoms with Crippen LogP contribution >= 0.6 is 22.9 Å². The van der Waals surface area contributed by atoms with Crippen molar-refractivity contribution < 1.29 is 9.90 Å². The Balaban J connectivity index is 2.67. The Morgan fingerprint density at radius 1 is 1.69 bits per heavy atom. The van der Waals surface area contributed by atoms with E-state index in [9.17, 15) is 4.79 Å². The molecule has 0 fully saturated rings. The van der Waals surface area contributed by atoms with Gasteiger partial charge in [0.15, 0.2) is 0 Å². The van der Waals surface area contributed by atoms with Crippen LogP contribution in [0.25, 0.3) is 0 Å². The molecular formula is C8H10ClNO2S. The lowest BCUT2D eigenvalue weighted by Crippen LogP contribution is -2.28. The van der Waals surface area contributed by atoms with Crippen molar-refractivity contribution in [3.8, 4) is 0 Å². The van der Waals surface area contributed by atoms with E-state index in [1.54, 1.807) is 19.2 Å². The fourth-order valence-electron chi connectivity index (χ4n) is 0.869. The number of hydrogen-bond acceptors (Lipinski definition) is 3. The highest BCUT2D eigenvalue weighted by molar-refractivity contribution is 7.17. The molecule has 0 aliphatic carbocycles. The molecule has 1 heterocycles. The van der Waals surface area contributed by atoms with Crippen molar-refractivity contribution in [3.05, 3.63) is 21.3 Å². The van der Waals surface area contributed by atoms with E-state index in [2.05, 4.69) is 0 Å². The summed E-state index contributed by atoms with van der Waals surface area (Å²) in [5.41, 5.74) is 0. The number of amides is 1. The third-order valence-electron chi connectivity index (χ3n) is 1.57. The second kappa shape index (κ2) is 4.60. The number of aliphatic hydroxyl groups is 1. The van der Waals surface area contributed by atoms with E-state index in [1.165, 1.54) is 16.2 Å². The first kappa shape index (κ1) is 10.5. The fourth-order valence-corrected chi connectivity index (χ4v) is 1.91. The van der Waals surface area contributed by atoms with Crippen molar-refractivity contribution in [1.82, 2.24) is 4.90 Å². The molecule has 0 saturated carbocycles. The van der Waals surface area contributed by atoms with Crippen LogP contribution in [0.1, 0.15) is 9.67 Å². The predicted molar refractivity (Wildman–Crippen MR) is 53.4 cm³/mol. The molecular weight excluding hydrogens is 210 g/mol. The van der Waals surface area contributed by atoms with E-state index in [0.29, 0.717) is 15.8 Å². The summed E-state index contributed by atoms with van der Waals surface area (Å²) in [4.78, 5) is 13.6. The summed E-state index contributed by atoms with van der Waals surface area (Å²) in [6.07, 6.45) is 0. The van der Waals surface area contributed by atoms with Crippen LogP contribution in [-0.2, 0) is 0 Å². The van der Waals surface area contributed by atoms with E-state index in [4.69, 9.17) is 16.7 Å². The van der Waals surface area contributed by atoms with Crippen LogP contribution in [-0.4, -0.2) is 36.1 Å². The Kier molecular flexibility index (Phi) is 3.71. The first-order valence-electron chi connectivity index (χ1n) is 3.77. The molecule has 1 rings (SSSR count). The van der Waals surface area contributed by atoms with Crippen LogP contribution in [0.5, 0.6) is 0 Å². The Labute approximate surface area is 85.6 Å². The van der Waals surface area contributed by atoms with Crippen molar-refractivity contribution >= 4 is 28.8 Å². The zero-order valence-electron chi connectivity index (χ0n) is 7.16. The Morgan fingerprint density at radius 3 is 2.85 bits per heavy atom. The number of hydrogen-bond donors (Lipinski definition) is 1. The van der Waals surface area contributed by atoms with Gasteiger partial charge < -0.3 is 10.0 Å². The molecule has 13 heavy (non-hydrogen) atoms. The highest BCUT2D eigenvalue weighted by Crippen LogP contribution is 2.22. The molecule has 3 nitrogen and oxygen atoms in total. The van der Waals surface area contributed by atoms with Crippen molar-refractivity contribution in [1.29, 1.82) is 0 Å². The quantitative estimate of drug-likeness (QED) is 0.837. The number of carbonyl (C=O) groups is 1. The van der Waals surface area contributed by atoms with Gasteiger partial charge in [-0.2, -0.15) is 0 Å². The van der Waals surface area contributed by atoms with Crippen LogP contribution in [0.2, 0.25) is 4.34 Å². The molecule has 0 spiro atoms. The fraction of sp³-hybridized carbons (Fsp3) is 0.375. The molecule has 0 aromatic carbocycles. The van der Waals surface area contributed by atoms with E-state index in [-0.39, 0.29) is 12.5 Å². The minimum Gasteiger partial charge on any atom is -0.395 e. The first-order valence-corrected chi connectivity index (χ1v) is 4.96. The lowest BCUT2D eigenvalue weighted by molar-refractivity contribution is 0.0771. The normalized spacial score (nSPS) is 10.1. The highest BCUT2D eigenvalue weighted by Gasteiger charge is 2.12. The molecule has 72 valence electrons. The smallest absolute Gasteiger partial charge is 0.263 e. The minimum atomic E-state index is -0.106. The maximum absolute atomic E-state index is 11.5. The van der Waals surface area contributed by atoms with Crippen LogP contribution < -0.4 is 0 Å². The van der Waals surface area contributed by atoms with Gasteiger partial charge in [-0.25, -0.2) is 0 Å². The van der Waals surface area contributed by atoms with Crippen LogP contribution in [0.4, 0.5) is 0 Å². The Hall–Kier alpha value is -0.580. The summed E-state index contributed by atoms with van der Waals surface area (Å²) in [5.74, 6) is -0.106. The summed E-state index contributed by atoms with van der Waals surface area (Å²) < 4.78 is 0.598. The SMILES string of the molecule is CN(CCO)C(=O)c1ccc(Cl)s1. The Morgan fingerprint density at radius 2 is 2.38 bits per heavy atom.